The lowest BCUT2D eigenvalue weighted by atomic mass is 10.0. The average molecular weight is 373 g/mol. The molecule has 0 aliphatic carbocycles. The van der Waals surface area contributed by atoms with Crippen molar-refractivity contribution < 1.29 is 13.6 Å². The summed E-state index contributed by atoms with van der Waals surface area (Å²) in [4.78, 5) is 28.4. The number of carbonyl (C=O) groups is 1. The quantitative estimate of drug-likeness (QED) is 0.580. The molecule has 1 atom stereocenters. The van der Waals surface area contributed by atoms with Crippen molar-refractivity contribution in [1.29, 1.82) is 0 Å². The molecule has 1 amide bonds. The molecule has 0 saturated heterocycles. The summed E-state index contributed by atoms with van der Waals surface area (Å²) in [5.74, 6) is -1.79. The molecule has 0 aliphatic heterocycles. The van der Waals surface area contributed by atoms with Gasteiger partial charge in [0, 0.05) is 28.9 Å². The first-order valence-electron chi connectivity index (χ1n) is 8.90. The van der Waals surface area contributed by atoms with Crippen LogP contribution in [0.15, 0.2) is 35.1 Å². The Hall–Kier alpha value is -2.80. The van der Waals surface area contributed by atoms with Crippen molar-refractivity contribution in [2.75, 3.05) is 6.54 Å². The van der Waals surface area contributed by atoms with Gasteiger partial charge in [-0.2, -0.15) is 0 Å². The van der Waals surface area contributed by atoms with Gasteiger partial charge < -0.3 is 16.0 Å². The van der Waals surface area contributed by atoms with Crippen LogP contribution in [-0.4, -0.2) is 23.5 Å². The number of rotatable bonds is 6. The second-order valence-corrected chi connectivity index (χ2v) is 6.57. The normalized spacial score (nSPS) is 12.4. The predicted molar refractivity (Wildman–Crippen MR) is 102 cm³/mol. The minimum absolute atomic E-state index is 0.00360. The van der Waals surface area contributed by atoms with E-state index in [4.69, 9.17) is 5.73 Å². The first kappa shape index (κ1) is 19.0. The van der Waals surface area contributed by atoms with E-state index in [9.17, 15) is 18.4 Å². The lowest BCUT2D eigenvalue weighted by Gasteiger charge is -2.17. The molecule has 7 heteroatoms. The van der Waals surface area contributed by atoms with Gasteiger partial charge in [-0.05, 0) is 36.8 Å². The summed E-state index contributed by atoms with van der Waals surface area (Å²) >= 11 is 0. The lowest BCUT2D eigenvalue weighted by molar-refractivity contribution is 0.0937. The van der Waals surface area contributed by atoms with E-state index >= 15 is 0 Å². The maximum atomic E-state index is 14.1. The highest BCUT2D eigenvalue weighted by Crippen LogP contribution is 2.21. The number of carbonyl (C=O) groups excluding carboxylic acids is 1. The monoisotopic (exact) mass is 373 g/mol. The van der Waals surface area contributed by atoms with Crippen LogP contribution in [-0.2, 0) is 0 Å². The zero-order valence-electron chi connectivity index (χ0n) is 14.9. The van der Waals surface area contributed by atoms with Crippen LogP contribution in [0, 0.1) is 11.6 Å². The fourth-order valence-electron chi connectivity index (χ4n) is 3.16. The molecular weight excluding hydrogens is 352 g/mol. The van der Waals surface area contributed by atoms with E-state index < -0.39 is 23.0 Å². The zero-order chi connectivity index (χ0) is 19.6. The van der Waals surface area contributed by atoms with E-state index in [-0.39, 0.29) is 34.4 Å². The maximum absolute atomic E-state index is 14.1. The smallest absolute Gasteiger partial charge is 0.253 e. The average Bonchev–Trinajstić information content (AvgIpc) is 2.65. The van der Waals surface area contributed by atoms with Gasteiger partial charge >= 0.3 is 0 Å². The number of H-pyrrole nitrogens is 1. The van der Waals surface area contributed by atoms with Crippen molar-refractivity contribution in [2.24, 2.45) is 5.73 Å². The summed E-state index contributed by atoms with van der Waals surface area (Å²) in [7, 11) is 0. The van der Waals surface area contributed by atoms with Crippen molar-refractivity contribution in [3.63, 3.8) is 0 Å². The van der Waals surface area contributed by atoms with Gasteiger partial charge in [0.2, 0.25) is 0 Å². The molecule has 0 aliphatic rings. The summed E-state index contributed by atoms with van der Waals surface area (Å²) in [6.45, 7) is 2.30. The Morgan fingerprint density at radius 1 is 1.19 bits per heavy atom. The van der Waals surface area contributed by atoms with E-state index in [2.05, 4.69) is 10.3 Å². The van der Waals surface area contributed by atoms with Crippen molar-refractivity contribution >= 4 is 27.7 Å². The molecule has 5 nitrogen and oxygen atoms in total. The molecule has 2 aromatic carbocycles. The van der Waals surface area contributed by atoms with Gasteiger partial charge in [-0.15, -0.1) is 0 Å². The van der Waals surface area contributed by atoms with Crippen molar-refractivity contribution in [1.82, 2.24) is 10.3 Å². The molecule has 1 aromatic heterocycles. The first-order chi connectivity index (χ1) is 12.9. The number of aromatic amines is 1. The van der Waals surface area contributed by atoms with Crippen LogP contribution in [0.3, 0.4) is 0 Å². The highest BCUT2D eigenvalue weighted by atomic mass is 19.1. The molecule has 0 spiro atoms. The highest BCUT2D eigenvalue weighted by Gasteiger charge is 2.18. The van der Waals surface area contributed by atoms with Gasteiger partial charge in [-0.25, -0.2) is 8.78 Å². The molecule has 3 rings (SSSR count). The SMILES string of the molecule is CCCCC(CN)NC(=O)c1cc(F)cc2c(=O)c3cc(F)ccc3[nH]c12. The van der Waals surface area contributed by atoms with Crippen LogP contribution >= 0.6 is 0 Å². The Bertz CT molecular complexity index is 1060. The number of hydrogen-bond donors (Lipinski definition) is 3. The van der Waals surface area contributed by atoms with Crippen molar-refractivity contribution in [3.05, 3.63) is 57.8 Å². The van der Waals surface area contributed by atoms with Gasteiger partial charge in [0.15, 0.2) is 5.43 Å². The lowest BCUT2D eigenvalue weighted by Crippen LogP contribution is -2.40. The summed E-state index contributed by atoms with van der Waals surface area (Å²) < 4.78 is 27.6. The maximum Gasteiger partial charge on any atom is 0.253 e. The standard InChI is InChI=1S/C20H21F2N3O2/c1-2-3-4-13(10-23)24-20(27)16-9-12(22)8-15-18(16)25-17-6-5-11(21)7-14(17)19(15)26/h5-9,13H,2-4,10,23H2,1H3,(H,24,27)(H,25,26). The molecule has 0 saturated carbocycles. The summed E-state index contributed by atoms with van der Waals surface area (Å²) in [5, 5.41) is 2.90. The predicted octanol–water partition coefficient (Wildman–Crippen LogP) is 3.21. The third kappa shape index (κ3) is 3.83. The van der Waals surface area contributed by atoms with Crippen LogP contribution in [0.2, 0.25) is 0 Å². The van der Waals surface area contributed by atoms with Gasteiger partial charge in [0.25, 0.3) is 5.91 Å². The third-order valence-electron chi connectivity index (χ3n) is 4.60. The van der Waals surface area contributed by atoms with E-state index in [1.54, 1.807) is 0 Å². The van der Waals surface area contributed by atoms with Crippen LogP contribution in [0.4, 0.5) is 8.78 Å². The number of unbranched alkanes of at least 4 members (excludes halogenated alkanes) is 1. The fraction of sp³-hybridized carbons (Fsp3) is 0.300. The third-order valence-corrected chi connectivity index (χ3v) is 4.60. The number of nitrogens with two attached hydrogens (primary N) is 1. The molecule has 0 fully saturated rings. The van der Waals surface area contributed by atoms with Crippen molar-refractivity contribution in [3.8, 4) is 0 Å². The molecular formula is C20H21F2N3O2. The van der Waals surface area contributed by atoms with E-state index in [1.165, 1.54) is 12.1 Å². The Morgan fingerprint density at radius 2 is 1.93 bits per heavy atom. The second kappa shape index (κ2) is 7.84. The van der Waals surface area contributed by atoms with E-state index in [0.717, 1.165) is 31.0 Å². The largest absolute Gasteiger partial charge is 0.354 e. The van der Waals surface area contributed by atoms with E-state index in [1.807, 2.05) is 6.92 Å². The molecule has 1 heterocycles. The van der Waals surface area contributed by atoms with Crippen LogP contribution in [0.25, 0.3) is 21.8 Å². The van der Waals surface area contributed by atoms with Crippen LogP contribution < -0.4 is 16.5 Å². The molecule has 27 heavy (non-hydrogen) atoms. The van der Waals surface area contributed by atoms with Crippen LogP contribution in [0.5, 0.6) is 0 Å². The first-order valence-corrected chi connectivity index (χ1v) is 8.90. The number of nitrogens with one attached hydrogen (secondary N) is 2. The molecule has 0 radical (unpaired) electrons. The number of amides is 1. The molecule has 142 valence electrons. The molecule has 1 unspecified atom stereocenters. The number of hydrogen-bond acceptors (Lipinski definition) is 3. The summed E-state index contributed by atoms with van der Waals surface area (Å²) in [6, 6.07) is 5.61. The number of aromatic nitrogens is 1. The molecule has 4 N–H and O–H groups in total. The number of halogens is 2. The Kier molecular flexibility index (Phi) is 5.51. The zero-order valence-corrected chi connectivity index (χ0v) is 14.9. The van der Waals surface area contributed by atoms with Gasteiger partial charge in [-0.3, -0.25) is 9.59 Å². The van der Waals surface area contributed by atoms with Crippen LogP contribution in [0.1, 0.15) is 36.5 Å². The fourth-order valence-corrected chi connectivity index (χ4v) is 3.16. The summed E-state index contributed by atoms with van der Waals surface area (Å²) in [6.07, 6.45) is 2.58. The van der Waals surface area contributed by atoms with Crippen molar-refractivity contribution in [2.45, 2.75) is 32.2 Å². The minimum atomic E-state index is -0.716. The summed E-state index contributed by atoms with van der Waals surface area (Å²) in [5.41, 5.74) is 5.78. The number of fused-ring (bicyclic) bond motifs is 2. The van der Waals surface area contributed by atoms with E-state index in [0.29, 0.717) is 11.9 Å². The number of benzene rings is 2. The molecule has 0 bridgehead atoms. The van der Waals surface area contributed by atoms with Gasteiger partial charge in [0.05, 0.1) is 11.1 Å². The highest BCUT2D eigenvalue weighted by molar-refractivity contribution is 6.07. The molecule has 3 aromatic rings. The minimum Gasteiger partial charge on any atom is -0.354 e. The van der Waals surface area contributed by atoms with Gasteiger partial charge in [-0.1, -0.05) is 19.8 Å². The Balaban J connectivity index is 2.12. The Morgan fingerprint density at radius 3 is 2.63 bits per heavy atom. The number of pyridine rings is 1. The van der Waals surface area contributed by atoms with Gasteiger partial charge in [0.1, 0.15) is 11.6 Å². The second-order valence-electron chi connectivity index (χ2n) is 6.57. The topological polar surface area (TPSA) is 88.0 Å². The Labute approximate surface area is 154 Å².